The van der Waals surface area contributed by atoms with Crippen molar-refractivity contribution in [1.29, 1.82) is 0 Å². The minimum atomic E-state index is -0.695. The number of carboxylic acid groups (broad SMARTS) is 1. The molecule has 1 aliphatic rings. The number of amides is 2. The third-order valence-corrected chi connectivity index (χ3v) is 3.59. The molecule has 0 aromatic heterocycles. The summed E-state index contributed by atoms with van der Waals surface area (Å²) in [5.41, 5.74) is 0. The Bertz CT molecular complexity index is 312. The average molecular weight is 286 g/mol. The van der Waals surface area contributed by atoms with E-state index in [0.717, 1.165) is 12.8 Å². The summed E-state index contributed by atoms with van der Waals surface area (Å²) in [6, 6.07) is -0.183. The summed E-state index contributed by atoms with van der Waals surface area (Å²) in [6.07, 6.45) is 3.34. The van der Waals surface area contributed by atoms with Crippen molar-refractivity contribution in [2.75, 3.05) is 19.7 Å². The number of carboxylic acids is 1. The van der Waals surface area contributed by atoms with Crippen LogP contribution in [-0.4, -0.2) is 42.9 Å². The molecule has 0 unspecified atom stereocenters. The van der Waals surface area contributed by atoms with Crippen molar-refractivity contribution in [1.82, 2.24) is 10.6 Å². The zero-order valence-electron chi connectivity index (χ0n) is 12.4. The molecule has 116 valence electrons. The fourth-order valence-corrected chi connectivity index (χ4v) is 2.37. The van der Waals surface area contributed by atoms with Gasteiger partial charge in [-0.25, -0.2) is 4.79 Å². The topological polar surface area (TPSA) is 87.7 Å². The minimum absolute atomic E-state index is 0.171. The number of carbonyl (C=O) groups is 2. The van der Waals surface area contributed by atoms with Gasteiger partial charge in [-0.1, -0.05) is 0 Å². The standard InChI is InChI=1S/C14H26N2O4/c1-10(2)20-8-7-15-14(19)16-9-11-3-5-12(6-4-11)13(17)18/h10-12H,3-9H2,1-2H3,(H,17,18)(H2,15,16,19). The lowest BCUT2D eigenvalue weighted by molar-refractivity contribution is -0.143. The fraction of sp³-hybridized carbons (Fsp3) is 0.857. The average Bonchev–Trinajstić information content (AvgIpc) is 2.41. The quantitative estimate of drug-likeness (QED) is 0.620. The monoisotopic (exact) mass is 286 g/mol. The summed E-state index contributed by atoms with van der Waals surface area (Å²) in [4.78, 5) is 22.4. The van der Waals surface area contributed by atoms with Crippen LogP contribution in [0.4, 0.5) is 4.79 Å². The van der Waals surface area contributed by atoms with Gasteiger partial charge in [-0.05, 0) is 45.4 Å². The molecule has 0 aromatic carbocycles. The third kappa shape index (κ3) is 6.75. The third-order valence-electron chi connectivity index (χ3n) is 3.59. The highest BCUT2D eigenvalue weighted by Crippen LogP contribution is 2.28. The normalized spacial score (nSPS) is 22.6. The van der Waals surface area contributed by atoms with Crippen LogP contribution in [0.2, 0.25) is 0 Å². The molecule has 1 aliphatic carbocycles. The van der Waals surface area contributed by atoms with Gasteiger partial charge in [0.2, 0.25) is 0 Å². The molecule has 0 spiro atoms. The maximum Gasteiger partial charge on any atom is 0.314 e. The van der Waals surface area contributed by atoms with Crippen molar-refractivity contribution < 1.29 is 19.4 Å². The first-order valence-electron chi connectivity index (χ1n) is 7.35. The van der Waals surface area contributed by atoms with Crippen LogP contribution in [0, 0.1) is 11.8 Å². The Balaban J connectivity index is 2.06. The van der Waals surface area contributed by atoms with Crippen molar-refractivity contribution in [3.8, 4) is 0 Å². The van der Waals surface area contributed by atoms with Gasteiger partial charge in [0.25, 0.3) is 0 Å². The van der Waals surface area contributed by atoms with Crippen molar-refractivity contribution >= 4 is 12.0 Å². The Morgan fingerprint density at radius 2 is 1.85 bits per heavy atom. The first-order valence-corrected chi connectivity index (χ1v) is 7.35. The van der Waals surface area contributed by atoms with E-state index in [1.807, 2.05) is 13.8 Å². The molecular formula is C14H26N2O4. The molecule has 1 rings (SSSR count). The first-order chi connectivity index (χ1) is 9.49. The number of ether oxygens (including phenoxy) is 1. The highest BCUT2D eigenvalue weighted by molar-refractivity contribution is 5.73. The maximum absolute atomic E-state index is 11.5. The summed E-state index contributed by atoms with van der Waals surface area (Å²) < 4.78 is 5.32. The number of aliphatic carboxylic acids is 1. The van der Waals surface area contributed by atoms with Crippen LogP contribution in [0.25, 0.3) is 0 Å². The predicted molar refractivity (Wildman–Crippen MR) is 75.6 cm³/mol. The Morgan fingerprint density at radius 1 is 1.20 bits per heavy atom. The van der Waals surface area contributed by atoms with E-state index in [4.69, 9.17) is 9.84 Å². The second-order valence-corrected chi connectivity index (χ2v) is 5.61. The molecule has 20 heavy (non-hydrogen) atoms. The molecule has 0 aliphatic heterocycles. The molecule has 1 saturated carbocycles. The van der Waals surface area contributed by atoms with E-state index in [9.17, 15) is 9.59 Å². The molecule has 0 heterocycles. The molecule has 0 bridgehead atoms. The summed E-state index contributed by atoms with van der Waals surface area (Å²) in [5, 5.41) is 14.5. The summed E-state index contributed by atoms with van der Waals surface area (Å²) in [5.74, 6) is -0.504. The van der Waals surface area contributed by atoms with E-state index in [0.29, 0.717) is 38.5 Å². The lowest BCUT2D eigenvalue weighted by Gasteiger charge is -2.26. The first kappa shape index (κ1) is 16.8. The highest BCUT2D eigenvalue weighted by Gasteiger charge is 2.25. The van der Waals surface area contributed by atoms with E-state index in [1.54, 1.807) is 0 Å². The predicted octanol–water partition coefficient (Wildman–Crippen LogP) is 1.60. The van der Waals surface area contributed by atoms with Crippen molar-refractivity contribution in [3.63, 3.8) is 0 Å². The van der Waals surface area contributed by atoms with Gasteiger partial charge in [0.15, 0.2) is 0 Å². The molecule has 1 fully saturated rings. The Labute approximate surface area is 120 Å². The summed E-state index contributed by atoms with van der Waals surface area (Å²) in [6.45, 7) is 5.52. The van der Waals surface area contributed by atoms with Gasteiger partial charge in [0.1, 0.15) is 0 Å². The Kier molecular flexibility index (Phi) is 7.36. The van der Waals surface area contributed by atoms with E-state index >= 15 is 0 Å². The van der Waals surface area contributed by atoms with Gasteiger partial charge >= 0.3 is 12.0 Å². The zero-order chi connectivity index (χ0) is 15.0. The smallest absolute Gasteiger partial charge is 0.314 e. The SMILES string of the molecule is CC(C)OCCNC(=O)NCC1CCC(C(=O)O)CC1. The van der Waals surface area contributed by atoms with Crippen LogP contribution in [-0.2, 0) is 9.53 Å². The molecule has 3 N–H and O–H groups in total. The summed E-state index contributed by atoms with van der Waals surface area (Å²) >= 11 is 0. The number of hydrogen-bond donors (Lipinski definition) is 3. The van der Waals surface area contributed by atoms with Crippen LogP contribution in [0.15, 0.2) is 0 Å². The molecular weight excluding hydrogens is 260 g/mol. The van der Waals surface area contributed by atoms with Crippen LogP contribution in [0.3, 0.4) is 0 Å². The fourth-order valence-electron chi connectivity index (χ4n) is 2.37. The Morgan fingerprint density at radius 3 is 2.40 bits per heavy atom. The zero-order valence-corrected chi connectivity index (χ0v) is 12.4. The number of hydrogen-bond acceptors (Lipinski definition) is 3. The minimum Gasteiger partial charge on any atom is -0.481 e. The van der Waals surface area contributed by atoms with Crippen molar-refractivity contribution in [2.24, 2.45) is 11.8 Å². The molecule has 0 radical (unpaired) electrons. The summed E-state index contributed by atoms with van der Waals surface area (Å²) in [7, 11) is 0. The molecule has 0 aromatic rings. The number of rotatable bonds is 7. The second kappa shape index (κ2) is 8.79. The van der Waals surface area contributed by atoms with E-state index in [-0.39, 0.29) is 18.1 Å². The number of urea groups is 1. The van der Waals surface area contributed by atoms with Crippen LogP contribution in [0.5, 0.6) is 0 Å². The molecule has 0 atom stereocenters. The van der Waals surface area contributed by atoms with E-state index < -0.39 is 5.97 Å². The maximum atomic E-state index is 11.5. The molecule has 6 heteroatoms. The van der Waals surface area contributed by atoms with Gasteiger partial charge in [0.05, 0.1) is 18.6 Å². The van der Waals surface area contributed by atoms with Crippen molar-refractivity contribution in [3.05, 3.63) is 0 Å². The van der Waals surface area contributed by atoms with Crippen LogP contribution in [0.1, 0.15) is 39.5 Å². The van der Waals surface area contributed by atoms with Crippen molar-refractivity contribution in [2.45, 2.75) is 45.6 Å². The van der Waals surface area contributed by atoms with E-state index in [2.05, 4.69) is 10.6 Å². The highest BCUT2D eigenvalue weighted by atomic mass is 16.5. The van der Waals surface area contributed by atoms with Gasteiger partial charge in [-0.15, -0.1) is 0 Å². The largest absolute Gasteiger partial charge is 0.481 e. The lowest BCUT2D eigenvalue weighted by Crippen LogP contribution is -2.40. The van der Waals surface area contributed by atoms with Gasteiger partial charge in [-0.3, -0.25) is 4.79 Å². The van der Waals surface area contributed by atoms with Crippen LogP contribution >= 0.6 is 0 Å². The molecule has 2 amide bonds. The van der Waals surface area contributed by atoms with E-state index in [1.165, 1.54) is 0 Å². The second-order valence-electron chi connectivity index (χ2n) is 5.61. The Hall–Kier alpha value is -1.30. The van der Waals surface area contributed by atoms with Gasteiger partial charge in [0, 0.05) is 13.1 Å². The van der Waals surface area contributed by atoms with Gasteiger partial charge in [-0.2, -0.15) is 0 Å². The molecule has 0 saturated heterocycles. The van der Waals surface area contributed by atoms with Crippen LogP contribution < -0.4 is 10.6 Å². The number of nitrogens with one attached hydrogen (secondary N) is 2. The molecule has 6 nitrogen and oxygen atoms in total. The number of carbonyl (C=O) groups excluding carboxylic acids is 1. The van der Waals surface area contributed by atoms with Gasteiger partial charge < -0.3 is 20.5 Å². The lowest BCUT2D eigenvalue weighted by atomic mass is 9.82.